The van der Waals surface area contributed by atoms with Crippen LogP contribution in [0.1, 0.15) is 16.8 Å². The number of pyridine rings is 1. The fourth-order valence-corrected chi connectivity index (χ4v) is 3.09. The van der Waals surface area contributed by atoms with E-state index in [1.54, 1.807) is 0 Å². The SMILES string of the molecule is Cc1ccccc1CSCc1cn2ccccc2n1. The lowest BCUT2D eigenvalue weighted by molar-refractivity contribution is 1.18. The molecule has 0 aliphatic rings. The van der Waals surface area contributed by atoms with Crippen LogP contribution in [-0.4, -0.2) is 9.38 Å². The van der Waals surface area contributed by atoms with Crippen molar-refractivity contribution >= 4 is 17.4 Å². The predicted octanol–water partition coefficient (Wildman–Crippen LogP) is 4.08. The van der Waals surface area contributed by atoms with E-state index in [0.29, 0.717) is 0 Å². The van der Waals surface area contributed by atoms with Gasteiger partial charge in [0.25, 0.3) is 0 Å². The second-order valence-corrected chi connectivity index (χ2v) is 5.60. The molecule has 2 aromatic heterocycles. The fourth-order valence-electron chi connectivity index (χ4n) is 2.09. The van der Waals surface area contributed by atoms with E-state index in [1.165, 1.54) is 11.1 Å². The molecule has 0 saturated carbocycles. The Morgan fingerprint density at radius 1 is 1.05 bits per heavy atom. The first kappa shape index (κ1) is 12.3. The largest absolute Gasteiger partial charge is 0.307 e. The number of benzene rings is 1. The molecule has 0 radical (unpaired) electrons. The second kappa shape index (κ2) is 5.49. The van der Waals surface area contributed by atoms with Crippen molar-refractivity contribution in [2.24, 2.45) is 0 Å². The van der Waals surface area contributed by atoms with Gasteiger partial charge in [-0.2, -0.15) is 11.8 Å². The molecule has 96 valence electrons. The zero-order valence-electron chi connectivity index (χ0n) is 10.9. The van der Waals surface area contributed by atoms with Gasteiger partial charge in [-0.25, -0.2) is 4.98 Å². The lowest BCUT2D eigenvalue weighted by Gasteiger charge is -2.03. The van der Waals surface area contributed by atoms with Crippen molar-refractivity contribution in [3.63, 3.8) is 0 Å². The van der Waals surface area contributed by atoms with Gasteiger partial charge >= 0.3 is 0 Å². The number of aryl methyl sites for hydroxylation is 1. The third kappa shape index (κ3) is 2.82. The van der Waals surface area contributed by atoms with Crippen LogP contribution < -0.4 is 0 Å². The van der Waals surface area contributed by atoms with Gasteiger partial charge in [0, 0.05) is 23.9 Å². The number of hydrogen-bond acceptors (Lipinski definition) is 2. The summed E-state index contributed by atoms with van der Waals surface area (Å²) in [6.45, 7) is 2.17. The van der Waals surface area contributed by atoms with Crippen LogP contribution in [-0.2, 0) is 11.5 Å². The molecule has 19 heavy (non-hydrogen) atoms. The quantitative estimate of drug-likeness (QED) is 0.709. The van der Waals surface area contributed by atoms with Crippen LogP contribution in [0.5, 0.6) is 0 Å². The summed E-state index contributed by atoms with van der Waals surface area (Å²) in [5.74, 6) is 2.00. The number of aromatic nitrogens is 2. The zero-order chi connectivity index (χ0) is 13.1. The van der Waals surface area contributed by atoms with Crippen LogP contribution in [0.25, 0.3) is 5.65 Å². The third-order valence-electron chi connectivity index (χ3n) is 3.18. The highest BCUT2D eigenvalue weighted by atomic mass is 32.2. The molecule has 0 aliphatic heterocycles. The lowest BCUT2D eigenvalue weighted by Crippen LogP contribution is -1.87. The van der Waals surface area contributed by atoms with Crippen molar-refractivity contribution in [1.29, 1.82) is 0 Å². The minimum Gasteiger partial charge on any atom is -0.307 e. The van der Waals surface area contributed by atoms with Crippen molar-refractivity contribution < 1.29 is 0 Å². The molecule has 0 unspecified atom stereocenters. The van der Waals surface area contributed by atoms with Crippen LogP contribution >= 0.6 is 11.8 Å². The van der Waals surface area contributed by atoms with E-state index >= 15 is 0 Å². The maximum atomic E-state index is 4.61. The minimum absolute atomic E-state index is 0.954. The molecule has 0 fully saturated rings. The molecular formula is C16H16N2S. The first-order chi connectivity index (χ1) is 9.33. The average molecular weight is 268 g/mol. The summed E-state index contributed by atoms with van der Waals surface area (Å²) in [5, 5.41) is 0. The molecule has 0 bridgehead atoms. The van der Waals surface area contributed by atoms with Crippen LogP contribution in [0.15, 0.2) is 54.9 Å². The minimum atomic E-state index is 0.954. The lowest BCUT2D eigenvalue weighted by atomic mass is 10.1. The van der Waals surface area contributed by atoms with Gasteiger partial charge in [-0.1, -0.05) is 30.3 Å². The Hall–Kier alpha value is -1.74. The zero-order valence-corrected chi connectivity index (χ0v) is 11.7. The number of imidazole rings is 1. The average Bonchev–Trinajstić information content (AvgIpc) is 2.83. The third-order valence-corrected chi connectivity index (χ3v) is 4.20. The molecule has 0 atom stereocenters. The number of rotatable bonds is 4. The van der Waals surface area contributed by atoms with Crippen molar-refractivity contribution in [3.05, 3.63) is 71.7 Å². The second-order valence-electron chi connectivity index (χ2n) is 4.62. The summed E-state index contributed by atoms with van der Waals surface area (Å²) >= 11 is 1.91. The van der Waals surface area contributed by atoms with E-state index in [-0.39, 0.29) is 0 Å². The predicted molar refractivity (Wildman–Crippen MR) is 81.4 cm³/mol. The van der Waals surface area contributed by atoms with E-state index < -0.39 is 0 Å². The maximum absolute atomic E-state index is 4.61. The van der Waals surface area contributed by atoms with Crippen LogP contribution in [0.3, 0.4) is 0 Å². The van der Waals surface area contributed by atoms with Gasteiger partial charge in [-0.3, -0.25) is 0 Å². The number of fused-ring (bicyclic) bond motifs is 1. The van der Waals surface area contributed by atoms with E-state index in [2.05, 4.69) is 46.8 Å². The summed E-state index contributed by atoms with van der Waals surface area (Å²) in [7, 11) is 0. The van der Waals surface area contributed by atoms with Crippen LogP contribution in [0.2, 0.25) is 0 Å². The van der Waals surface area contributed by atoms with Gasteiger partial charge < -0.3 is 4.40 Å². The van der Waals surface area contributed by atoms with Crippen molar-refractivity contribution in [3.8, 4) is 0 Å². The highest BCUT2D eigenvalue weighted by Crippen LogP contribution is 2.19. The molecule has 3 rings (SSSR count). The highest BCUT2D eigenvalue weighted by Gasteiger charge is 2.02. The van der Waals surface area contributed by atoms with E-state index in [1.807, 2.05) is 36.2 Å². The Morgan fingerprint density at radius 3 is 2.74 bits per heavy atom. The van der Waals surface area contributed by atoms with Crippen molar-refractivity contribution in [2.75, 3.05) is 0 Å². The first-order valence-corrected chi connectivity index (χ1v) is 7.53. The molecule has 0 saturated heterocycles. The molecule has 3 aromatic rings. The van der Waals surface area contributed by atoms with Gasteiger partial charge in [0.15, 0.2) is 0 Å². The highest BCUT2D eigenvalue weighted by molar-refractivity contribution is 7.97. The molecule has 3 heteroatoms. The molecule has 2 nitrogen and oxygen atoms in total. The number of nitrogens with zero attached hydrogens (tertiary/aromatic N) is 2. The normalized spacial score (nSPS) is 11.0. The number of thioether (sulfide) groups is 1. The molecule has 2 heterocycles. The van der Waals surface area contributed by atoms with Crippen molar-refractivity contribution in [2.45, 2.75) is 18.4 Å². The van der Waals surface area contributed by atoms with Gasteiger partial charge in [0.1, 0.15) is 5.65 Å². The van der Waals surface area contributed by atoms with Crippen molar-refractivity contribution in [1.82, 2.24) is 9.38 Å². The molecule has 0 amide bonds. The Morgan fingerprint density at radius 2 is 1.89 bits per heavy atom. The van der Waals surface area contributed by atoms with Gasteiger partial charge in [-0.05, 0) is 30.2 Å². The summed E-state index contributed by atoms with van der Waals surface area (Å²) < 4.78 is 2.07. The summed E-state index contributed by atoms with van der Waals surface area (Å²) in [6.07, 6.45) is 4.15. The Kier molecular flexibility index (Phi) is 3.56. The van der Waals surface area contributed by atoms with E-state index in [4.69, 9.17) is 0 Å². The molecular weight excluding hydrogens is 252 g/mol. The Labute approximate surface area is 117 Å². The molecule has 1 aromatic carbocycles. The summed E-state index contributed by atoms with van der Waals surface area (Å²) in [5.41, 5.74) is 4.94. The smallest absolute Gasteiger partial charge is 0.137 e. The Bertz CT molecular complexity index is 655. The maximum Gasteiger partial charge on any atom is 0.137 e. The standard InChI is InChI=1S/C16H16N2S/c1-13-6-2-3-7-14(13)11-19-12-15-10-18-9-5-4-8-16(18)17-15/h2-10H,11-12H2,1H3. The van der Waals surface area contributed by atoms with E-state index in [9.17, 15) is 0 Å². The topological polar surface area (TPSA) is 17.3 Å². The molecule has 0 N–H and O–H groups in total. The van der Waals surface area contributed by atoms with Gasteiger partial charge in [0.05, 0.1) is 5.69 Å². The Balaban J connectivity index is 1.65. The van der Waals surface area contributed by atoms with Gasteiger partial charge in [-0.15, -0.1) is 0 Å². The number of hydrogen-bond donors (Lipinski definition) is 0. The van der Waals surface area contributed by atoms with E-state index in [0.717, 1.165) is 22.8 Å². The molecule has 0 spiro atoms. The summed E-state index contributed by atoms with van der Waals surface area (Å²) in [6, 6.07) is 14.6. The first-order valence-electron chi connectivity index (χ1n) is 6.38. The fraction of sp³-hybridized carbons (Fsp3) is 0.188. The molecule has 0 aliphatic carbocycles. The van der Waals surface area contributed by atoms with Crippen LogP contribution in [0, 0.1) is 6.92 Å². The monoisotopic (exact) mass is 268 g/mol. The van der Waals surface area contributed by atoms with Crippen LogP contribution in [0.4, 0.5) is 0 Å². The summed E-state index contributed by atoms with van der Waals surface area (Å²) in [4.78, 5) is 4.61. The van der Waals surface area contributed by atoms with Gasteiger partial charge in [0.2, 0.25) is 0 Å².